The molecule has 1 aromatic heterocycles. The molecule has 0 aliphatic carbocycles. The fourth-order valence-corrected chi connectivity index (χ4v) is 3.51. The number of halogens is 1. The van der Waals surface area contributed by atoms with Crippen molar-refractivity contribution in [1.82, 2.24) is 14.1 Å². The van der Waals surface area contributed by atoms with Gasteiger partial charge in [0.05, 0.1) is 22.4 Å². The number of hydrogen-bond donors (Lipinski definition) is 1. The number of fused-ring (bicyclic) bond motifs is 1. The zero-order valence-corrected chi connectivity index (χ0v) is 13.6. The molecule has 0 saturated carbocycles. The summed E-state index contributed by atoms with van der Waals surface area (Å²) in [6, 6.07) is 4.26. The van der Waals surface area contributed by atoms with E-state index in [-0.39, 0.29) is 5.54 Å². The minimum absolute atomic E-state index is 0.113. The molecule has 6 heteroatoms. The first-order chi connectivity index (χ1) is 9.54. The SMILES string of the molecule is CCC1(C)CN(c2c(Cl)ccc3nsnc23)C(C)CN1. The molecule has 0 spiro atoms. The number of nitrogens with zero attached hydrogens (tertiary/aromatic N) is 3. The minimum atomic E-state index is 0.113. The normalized spacial score (nSPS) is 27.2. The van der Waals surface area contributed by atoms with Crippen LogP contribution in [0.2, 0.25) is 5.02 Å². The molecule has 1 saturated heterocycles. The van der Waals surface area contributed by atoms with Gasteiger partial charge in [0.1, 0.15) is 11.0 Å². The van der Waals surface area contributed by atoms with Gasteiger partial charge in [-0.2, -0.15) is 8.75 Å². The van der Waals surface area contributed by atoms with E-state index in [1.165, 1.54) is 11.7 Å². The third-order valence-corrected chi connectivity index (χ3v) is 5.14. The van der Waals surface area contributed by atoms with Crippen molar-refractivity contribution in [1.29, 1.82) is 0 Å². The van der Waals surface area contributed by atoms with Crippen molar-refractivity contribution in [3.63, 3.8) is 0 Å². The Morgan fingerprint density at radius 3 is 3.05 bits per heavy atom. The van der Waals surface area contributed by atoms with E-state index in [2.05, 4.69) is 39.7 Å². The number of hydrogen-bond acceptors (Lipinski definition) is 5. The van der Waals surface area contributed by atoms with E-state index in [1.807, 2.05) is 12.1 Å². The Kier molecular flexibility index (Phi) is 3.60. The third-order valence-electron chi connectivity index (χ3n) is 4.30. The molecule has 2 unspecified atom stereocenters. The van der Waals surface area contributed by atoms with Crippen molar-refractivity contribution in [3.05, 3.63) is 17.2 Å². The Balaban J connectivity index is 2.08. The highest BCUT2D eigenvalue weighted by molar-refractivity contribution is 7.00. The van der Waals surface area contributed by atoms with Crippen LogP contribution in [0.1, 0.15) is 27.2 Å². The van der Waals surface area contributed by atoms with Gasteiger partial charge in [0.25, 0.3) is 0 Å². The molecule has 1 aliphatic rings. The lowest BCUT2D eigenvalue weighted by molar-refractivity contribution is 0.286. The maximum atomic E-state index is 6.47. The van der Waals surface area contributed by atoms with Gasteiger partial charge in [0, 0.05) is 24.7 Å². The van der Waals surface area contributed by atoms with Crippen LogP contribution in [0.3, 0.4) is 0 Å². The first kappa shape index (κ1) is 14.0. The van der Waals surface area contributed by atoms with E-state index >= 15 is 0 Å². The second-order valence-corrected chi connectivity index (χ2v) is 6.74. The van der Waals surface area contributed by atoms with Gasteiger partial charge in [-0.1, -0.05) is 18.5 Å². The standard InChI is InChI=1S/C14H19ClN4S/c1-4-14(3)8-19(9(2)7-16-14)13-10(15)5-6-11-12(13)18-20-17-11/h5-6,9,16H,4,7-8H2,1-3H3. The van der Waals surface area contributed by atoms with Crippen LogP contribution in [0, 0.1) is 0 Å². The number of piperazine rings is 1. The summed E-state index contributed by atoms with van der Waals surface area (Å²) in [5.74, 6) is 0. The number of anilines is 1. The number of rotatable bonds is 2. The van der Waals surface area contributed by atoms with Crippen LogP contribution in [-0.4, -0.2) is 33.4 Å². The first-order valence-corrected chi connectivity index (χ1v) is 8.07. The van der Waals surface area contributed by atoms with E-state index < -0.39 is 0 Å². The molecule has 2 atom stereocenters. The van der Waals surface area contributed by atoms with Gasteiger partial charge in [0.15, 0.2) is 0 Å². The highest BCUT2D eigenvalue weighted by atomic mass is 35.5. The summed E-state index contributed by atoms with van der Waals surface area (Å²) in [5, 5.41) is 4.40. The molecular formula is C14H19ClN4S. The highest BCUT2D eigenvalue weighted by Crippen LogP contribution is 2.36. The Morgan fingerprint density at radius 2 is 2.30 bits per heavy atom. The Bertz CT molecular complexity index is 629. The maximum absolute atomic E-state index is 6.47. The second-order valence-electron chi connectivity index (χ2n) is 5.80. The highest BCUT2D eigenvalue weighted by Gasteiger charge is 2.34. The van der Waals surface area contributed by atoms with Crippen molar-refractivity contribution >= 4 is 40.0 Å². The fraction of sp³-hybridized carbons (Fsp3) is 0.571. The smallest absolute Gasteiger partial charge is 0.129 e. The predicted octanol–water partition coefficient (Wildman–Crippen LogP) is 3.31. The average Bonchev–Trinajstić information content (AvgIpc) is 2.90. The summed E-state index contributed by atoms with van der Waals surface area (Å²) in [4.78, 5) is 2.38. The van der Waals surface area contributed by atoms with E-state index in [1.54, 1.807) is 0 Å². The number of benzene rings is 1. The minimum Gasteiger partial charge on any atom is -0.363 e. The molecule has 0 radical (unpaired) electrons. The molecule has 4 nitrogen and oxygen atoms in total. The zero-order valence-electron chi connectivity index (χ0n) is 12.0. The first-order valence-electron chi connectivity index (χ1n) is 6.96. The molecule has 0 bridgehead atoms. The molecule has 1 N–H and O–H groups in total. The molecule has 1 fully saturated rings. The molecule has 1 aliphatic heterocycles. The molecule has 1 aromatic carbocycles. The predicted molar refractivity (Wildman–Crippen MR) is 85.9 cm³/mol. The van der Waals surface area contributed by atoms with E-state index in [0.29, 0.717) is 6.04 Å². The maximum Gasteiger partial charge on any atom is 0.129 e. The van der Waals surface area contributed by atoms with Crippen LogP contribution in [0.25, 0.3) is 11.0 Å². The van der Waals surface area contributed by atoms with Crippen LogP contribution < -0.4 is 10.2 Å². The molecule has 108 valence electrons. The van der Waals surface area contributed by atoms with Gasteiger partial charge in [0.2, 0.25) is 0 Å². The molecule has 0 amide bonds. The molecule has 20 heavy (non-hydrogen) atoms. The lowest BCUT2D eigenvalue weighted by atomic mass is 9.93. The van der Waals surface area contributed by atoms with Gasteiger partial charge >= 0.3 is 0 Å². The summed E-state index contributed by atoms with van der Waals surface area (Å²) in [6.45, 7) is 8.58. The van der Waals surface area contributed by atoms with Crippen molar-refractivity contribution in [2.24, 2.45) is 0 Å². The summed E-state index contributed by atoms with van der Waals surface area (Å²) in [7, 11) is 0. The van der Waals surface area contributed by atoms with E-state index in [9.17, 15) is 0 Å². The van der Waals surface area contributed by atoms with Gasteiger partial charge in [-0.3, -0.25) is 0 Å². The van der Waals surface area contributed by atoms with Crippen LogP contribution in [0.5, 0.6) is 0 Å². The van der Waals surface area contributed by atoms with Crippen LogP contribution >= 0.6 is 23.3 Å². The van der Waals surface area contributed by atoms with Crippen LogP contribution in [0.15, 0.2) is 12.1 Å². The lowest BCUT2D eigenvalue weighted by Crippen LogP contribution is -2.62. The summed E-state index contributed by atoms with van der Waals surface area (Å²) >= 11 is 7.72. The summed E-state index contributed by atoms with van der Waals surface area (Å²) in [6.07, 6.45) is 1.08. The van der Waals surface area contributed by atoms with Crippen LogP contribution in [0.4, 0.5) is 5.69 Å². The van der Waals surface area contributed by atoms with Crippen molar-refractivity contribution in [3.8, 4) is 0 Å². The quantitative estimate of drug-likeness (QED) is 0.924. The van der Waals surface area contributed by atoms with E-state index in [4.69, 9.17) is 11.6 Å². The lowest BCUT2D eigenvalue weighted by Gasteiger charge is -2.46. The number of nitrogens with one attached hydrogen (secondary N) is 1. The van der Waals surface area contributed by atoms with Gasteiger partial charge in [-0.15, -0.1) is 0 Å². The Hall–Kier alpha value is -0.910. The zero-order chi connectivity index (χ0) is 14.3. The molecule has 2 heterocycles. The van der Waals surface area contributed by atoms with Crippen molar-refractivity contribution in [2.75, 3.05) is 18.0 Å². The largest absolute Gasteiger partial charge is 0.363 e. The van der Waals surface area contributed by atoms with Crippen LogP contribution in [-0.2, 0) is 0 Å². The van der Waals surface area contributed by atoms with E-state index in [0.717, 1.165) is 41.3 Å². The summed E-state index contributed by atoms with van der Waals surface area (Å²) in [5.41, 5.74) is 3.00. The fourth-order valence-electron chi connectivity index (χ4n) is 2.71. The molecule has 3 rings (SSSR count). The van der Waals surface area contributed by atoms with Crippen molar-refractivity contribution in [2.45, 2.75) is 38.8 Å². The monoisotopic (exact) mass is 310 g/mol. The topological polar surface area (TPSA) is 41.1 Å². The number of aromatic nitrogens is 2. The average molecular weight is 311 g/mol. The molecule has 2 aromatic rings. The summed E-state index contributed by atoms with van der Waals surface area (Å²) < 4.78 is 8.77. The Labute approximate surface area is 128 Å². The van der Waals surface area contributed by atoms with Crippen molar-refractivity contribution < 1.29 is 0 Å². The van der Waals surface area contributed by atoms with Gasteiger partial charge in [-0.25, -0.2) is 0 Å². The third kappa shape index (κ3) is 2.28. The second kappa shape index (κ2) is 5.13. The molecular weight excluding hydrogens is 292 g/mol. The van der Waals surface area contributed by atoms with Gasteiger partial charge in [-0.05, 0) is 32.4 Å². The Morgan fingerprint density at radius 1 is 1.50 bits per heavy atom. The van der Waals surface area contributed by atoms with Gasteiger partial charge < -0.3 is 10.2 Å².